The quantitative estimate of drug-likeness (QED) is 0.570. The molecule has 2 unspecified atom stereocenters. The predicted octanol–water partition coefficient (Wildman–Crippen LogP) is 3.73. The van der Waals surface area contributed by atoms with E-state index >= 15 is 0 Å². The number of likely N-dealkylation sites (tertiary alicyclic amines) is 1. The summed E-state index contributed by atoms with van der Waals surface area (Å²) in [6, 6.07) is 13.8. The Morgan fingerprint density at radius 2 is 1.94 bits per heavy atom. The summed E-state index contributed by atoms with van der Waals surface area (Å²) in [5, 5.41) is 10.9. The number of benzene rings is 2. The summed E-state index contributed by atoms with van der Waals surface area (Å²) in [6.07, 6.45) is 5.92. The van der Waals surface area contributed by atoms with Gasteiger partial charge < -0.3 is 20.9 Å². The highest BCUT2D eigenvalue weighted by atomic mass is 16.2. The number of anilines is 1. The molecule has 176 valence electrons. The van der Waals surface area contributed by atoms with Gasteiger partial charge in [-0.05, 0) is 49.4 Å². The number of carbonyl (C=O) groups excluding carboxylic acids is 1. The maximum Gasteiger partial charge on any atom is 0.255 e. The summed E-state index contributed by atoms with van der Waals surface area (Å²) < 4.78 is 0. The predicted molar refractivity (Wildman–Crippen MR) is 136 cm³/mol. The molecule has 34 heavy (non-hydrogen) atoms. The Morgan fingerprint density at radius 1 is 1.12 bits per heavy atom. The normalized spacial score (nSPS) is 20.6. The number of nitrogens with one attached hydrogen (secondary N) is 1. The number of aromatic nitrogens is 2. The molecular formula is C27H32N6O. The van der Waals surface area contributed by atoms with E-state index in [-0.39, 0.29) is 18.0 Å². The number of hydrogen-bond donors (Lipinski definition) is 2. The van der Waals surface area contributed by atoms with Crippen LogP contribution in [0.4, 0.5) is 5.82 Å². The first-order valence-corrected chi connectivity index (χ1v) is 12.2. The van der Waals surface area contributed by atoms with Gasteiger partial charge in [-0.15, -0.1) is 0 Å². The van der Waals surface area contributed by atoms with Gasteiger partial charge in [0, 0.05) is 55.1 Å². The van der Waals surface area contributed by atoms with Crippen molar-refractivity contribution in [3.63, 3.8) is 0 Å². The molecule has 1 aromatic heterocycles. The van der Waals surface area contributed by atoms with Gasteiger partial charge in [-0.2, -0.15) is 0 Å². The molecule has 2 atom stereocenters. The fourth-order valence-corrected chi connectivity index (χ4v) is 5.25. The Hall–Kier alpha value is -3.32. The Kier molecular flexibility index (Phi) is 6.28. The van der Waals surface area contributed by atoms with Crippen LogP contribution in [0.2, 0.25) is 0 Å². The summed E-state index contributed by atoms with van der Waals surface area (Å²) in [4.78, 5) is 27.1. The zero-order valence-corrected chi connectivity index (χ0v) is 19.7. The lowest BCUT2D eigenvalue weighted by atomic mass is 9.94. The summed E-state index contributed by atoms with van der Waals surface area (Å²) in [5.41, 5.74) is 8.33. The monoisotopic (exact) mass is 456 g/mol. The van der Waals surface area contributed by atoms with Crippen LogP contribution >= 0.6 is 0 Å². The largest absolute Gasteiger partial charge is 0.355 e. The van der Waals surface area contributed by atoms with Crippen molar-refractivity contribution < 1.29 is 4.79 Å². The molecular weight excluding hydrogens is 424 g/mol. The van der Waals surface area contributed by atoms with E-state index in [2.05, 4.69) is 9.88 Å². The maximum absolute atomic E-state index is 13.7. The minimum absolute atomic E-state index is 0.00261. The molecule has 7 heteroatoms. The van der Waals surface area contributed by atoms with Gasteiger partial charge in [0.05, 0.1) is 6.04 Å². The molecule has 2 aliphatic heterocycles. The van der Waals surface area contributed by atoms with Gasteiger partial charge in [-0.1, -0.05) is 36.4 Å². The summed E-state index contributed by atoms with van der Waals surface area (Å²) in [6.45, 7) is 4.37. The lowest BCUT2D eigenvalue weighted by Crippen LogP contribution is -2.48. The van der Waals surface area contributed by atoms with E-state index in [0.29, 0.717) is 30.1 Å². The van der Waals surface area contributed by atoms with Crippen LogP contribution in [0.15, 0.2) is 48.7 Å². The third kappa shape index (κ3) is 4.40. The highest BCUT2D eigenvalue weighted by Gasteiger charge is 2.31. The molecule has 0 radical (unpaired) electrons. The topological polar surface area (TPSA) is 99.2 Å². The van der Waals surface area contributed by atoms with Crippen molar-refractivity contribution in [1.29, 1.82) is 5.41 Å². The molecule has 0 aliphatic carbocycles. The molecule has 5 rings (SSSR count). The van der Waals surface area contributed by atoms with Gasteiger partial charge in [0.25, 0.3) is 5.91 Å². The van der Waals surface area contributed by atoms with Gasteiger partial charge >= 0.3 is 0 Å². The van der Waals surface area contributed by atoms with Gasteiger partial charge in [0.2, 0.25) is 0 Å². The second-order valence-corrected chi connectivity index (χ2v) is 9.53. The average molecular weight is 457 g/mol. The van der Waals surface area contributed by atoms with E-state index < -0.39 is 0 Å². The number of hydrogen-bond acceptors (Lipinski definition) is 6. The highest BCUT2D eigenvalue weighted by molar-refractivity contribution is 6.08. The summed E-state index contributed by atoms with van der Waals surface area (Å²) in [5.74, 6) is 1.55. The molecule has 1 amide bonds. The molecule has 3 heterocycles. The lowest BCUT2D eigenvalue weighted by molar-refractivity contribution is 0.0680. The van der Waals surface area contributed by atoms with E-state index in [0.717, 1.165) is 60.9 Å². The van der Waals surface area contributed by atoms with Crippen LogP contribution in [0, 0.1) is 12.3 Å². The van der Waals surface area contributed by atoms with Crippen LogP contribution in [-0.4, -0.2) is 58.2 Å². The first-order valence-electron chi connectivity index (χ1n) is 12.2. The van der Waals surface area contributed by atoms with Gasteiger partial charge in [0.15, 0.2) is 0 Å². The van der Waals surface area contributed by atoms with E-state index in [1.165, 1.54) is 0 Å². The van der Waals surface area contributed by atoms with Gasteiger partial charge in [-0.25, -0.2) is 9.97 Å². The first kappa shape index (κ1) is 22.5. The number of rotatable bonds is 5. The fraction of sp³-hybridized carbons (Fsp3) is 0.407. The molecule has 2 aromatic carbocycles. The number of fused-ring (bicyclic) bond motifs is 1. The Balaban J connectivity index is 1.37. The molecule has 2 saturated heterocycles. The van der Waals surface area contributed by atoms with Crippen molar-refractivity contribution >= 4 is 28.2 Å². The van der Waals surface area contributed by atoms with Gasteiger partial charge in [0.1, 0.15) is 11.6 Å². The van der Waals surface area contributed by atoms with E-state index in [1.807, 2.05) is 60.5 Å². The van der Waals surface area contributed by atoms with Crippen LogP contribution < -0.4 is 10.6 Å². The molecule has 2 aliphatic rings. The molecule has 3 aromatic rings. The van der Waals surface area contributed by atoms with E-state index in [9.17, 15) is 4.79 Å². The smallest absolute Gasteiger partial charge is 0.255 e. The fourth-order valence-electron chi connectivity index (χ4n) is 5.25. The standard InChI is InChI=1S/C27H32N6O/c1-18-16-30-25(31-26(18)32-14-12-20(28)17-32)15-23(29)24-11-4-5-13-33(24)27(34)22-10-6-8-19-7-2-3-9-21(19)22/h2-3,6-10,16,20,24,29H,4-5,11-15,17,28H2,1H3. The van der Waals surface area contributed by atoms with Crippen molar-refractivity contribution in [2.24, 2.45) is 5.73 Å². The van der Waals surface area contributed by atoms with Crippen molar-refractivity contribution in [3.8, 4) is 0 Å². The third-order valence-electron chi connectivity index (χ3n) is 7.05. The molecule has 0 saturated carbocycles. The highest BCUT2D eigenvalue weighted by Crippen LogP contribution is 2.26. The number of nitrogens with zero attached hydrogens (tertiary/aromatic N) is 4. The molecule has 0 spiro atoms. The number of aryl methyl sites for hydroxylation is 1. The lowest BCUT2D eigenvalue weighted by Gasteiger charge is -2.36. The second-order valence-electron chi connectivity index (χ2n) is 9.53. The minimum Gasteiger partial charge on any atom is -0.355 e. The minimum atomic E-state index is -0.228. The zero-order valence-electron chi connectivity index (χ0n) is 19.7. The number of piperidine rings is 1. The molecule has 7 nitrogen and oxygen atoms in total. The Bertz CT molecular complexity index is 1220. The van der Waals surface area contributed by atoms with Crippen LogP contribution in [0.25, 0.3) is 10.8 Å². The number of amides is 1. The van der Waals surface area contributed by atoms with Crippen molar-refractivity contribution in [1.82, 2.24) is 14.9 Å². The Morgan fingerprint density at radius 3 is 2.76 bits per heavy atom. The first-order chi connectivity index (χ1) is 16.5. The van der Waals surface area contributed by atoms with E-state index in [1.54, 1.807) is 0 Å². The maximum atomic E-state index is 13.7. The SMILES string of the molecule is Cc1cnc(CC(=N)C2CCCCN2C(=O)c2cccc3ccccc23)nc1N1CCC(N)C1. The Labute approximate surface area is 200 Å². The van der Waals surface area contributed by atoms with Crippen molar-refractivity contribution in [2.75, 3.05) is 24.5 Å². The van der Waals surface area contributed by atoms with Crippen LogP contribution in [0.5, 0.6) is 0 Å². The molecule has 0 bridgehead atoms. The number of nitrogens with two attached hydrogens (primary N) is 1. The third-order valence-corrected chi connectivity index (χ3v) is 7.05. The van der Waals surface area contributed by atoms with Crippen LogP contribution in [0.3, 0.4) is 0 Å². The summed E-state index contributed by atoms with van der Waals surface area (Å²) >= 11 is 0. The van der Waals surface area contributed by atoms with Crippen LogP contribution in [-0.2, 0) is 6.42 Å². The summed E-state index contributed by atoms with van der Waals surface area (Å²) in [7, 11) is 0. The molecule has 3 N–H and O–H groups in total. The molecule has 2 fully saturated rings. The van der Waals surface area contributed by atoms with E-state index in [4.69, 9.17) is 16.1 Å². The zero-order chi connectivity index (χ0) is 23.7. The van der Waals surface area contributed by atoms with Crippen molar-refractivity contribution in [3.05, 3.63) is 65.6 Å². The number of carbonyl (C=O) groups is 1. The van der Waals surface area contributed by atoms with Crippen molar-refractivity contribution in [2.45, 2.75) is 51.1 Å². The second kappa shape index (κ2) is 9.50. The van der Waals surface area contributed by atoms with Gasteiger partial charge in [-0.3, -0.25) is 4.79 Å². The van der Waals surface area contributed by atoms with Crippen LogP contribution in [0.1, 0.15) is 47.4 Å². The average Bonchev–Trinajstić information content (AvgIpc) is 3.30.